The summed E-state index contributed by atoms with van der Waals surface area (Å²) in [7, 11) is -3.79. The van der Waals surface area contributed by atoms with Crippen LogP contribution < -0.4 is 10.5 Å². The summed E-state index contributed by atoms with van der Waals surface area (Å²) in [6.07, 6.45) is 0. The predicted octanol–water partition coefficient (Wildman–Crippen LogP) is 2.90. The average Bonchev–Trinajstić information content (AvgIpc) is 2.44. The van der Waals surface area contributed by atoms with E-state index >= 15 is 0 Å². The average molecular weight is 322 g/mol. The molecular formula is C14H12ClN3O2S. The van der Waals surface area contributed by atoms with Crippen LogP contribution in [0.4, 0.5) is 11.4 Å². The molecule has 108 valence electrons. The molecule has 7 heteroatoms. The second-order valence-corrected chi connectivity index (χ2v) is 6.50. The number of nitrogens with two attached hydrogens (primary N) is 1. The van der Waals surface area contributed by atoms with Gasteiger partial charge in [0.05, 0.1) is 16.5 Å². The second-order valence-electron chi connectivity index (χ2n) is 4.41. The van der Waals surface area contributed by atoms with Crippen LogP contribution >= 0.6 is 11.6 Å². The van der Waals surface area contributed by atoms with Gasteiger partial charge in [0, 0.05) is 16.4 Å². The van der Waals surface area contributed by atoms with Crippen molar-refractivity contribution in [2.75, 3.05) is 10.5 Å². The highest BCUT2D eigenvalue weighted by atomic mass is 35.5. The summed E-state index contributed by atoms with van der Waals surface area (Å²) < 4.78 is 27.0. The fourth-order valence-corrected chi connectivity index (χ4v) is 3.07. The van der Waals surface area contributed by atoms with Gasteiger partial charge in [-0.15, -0.1) is 0 Å². The molecule has 0 aliphatic rings. The monoisotopic (exact) mass is 321 g/mol. The third-order valence-electron chi connectivity index (χ3n) is 2.93. The standard InChI is InChI=1S/C14H12ClN3O2S/c1-9-13(15)6-12(7-14(9)17)21(19,20)18-11-4-2-10(8-16)3-5-11/h2-7,18H,17H2,1H3. The summed E-state index contributed by atoms with van der Waals surface area (Å²) in [6.45, 7) is 1.71. The summed E-state index contributed by atoms with van der Waals surface area (Å²) in [4.78, 5) is -0.0139. The lowest BCUT2D eigenvalue weighted by Crippen LogP contribution is -2.13. The molecule has 0 fully saturated rings. The largest absolute Gasteiger partial charge is 0.398 e. The Balaban J connectivity index is 2.36. The van der Waals surface area contributed by atoms with Crippen LogP contribution in [-0.2, 0) is 10.0 Å². The Hall–Kier alpha value is -2.23. The van der Waals surface area contributed by atoms with Crippen molar-refractivity contribution in [3.8, 4) is 6.07 Å². The lowest BCUT2D eigenvalue weighted by Gasteiger charge is -2.11. The Morgan fingerprint density at radius 1 is 1.24 bits per heavy atom. The van der Waals surface area contributed by atoms with Gasteiger partial charge in [0.2, 0.25) is 0 Å². The van der Waals surface area contributed by atoms with E-state index in [1.54, 1.807) is 6.92 Å². The van der Waals surface area contributed by atoms with Gasteiger partial charge in [-0.3, -0.25) is 4.72 Å². The molecule has 0 unspecified atom stereocenters. The van der Waals surface area contributed by atoms with Crippen LogP contribution in [0.5, 0.6) is 0 Å². The van der Waals surface area contributed by atoms with E-state index in [0.717, 1.165) is 0 Å². The van der Waals surface area contributed by atoms with Crippen molar-refractivity contribution in [2.45, 2.75) is 11.8 Å². The number of nitrogen functional groups attached to an aromatic ring is 1. The molecule has 0 atom stereocenters. The summed E-state index contributed by atoms with van der Waals surface area (Å²) in [6, 6.07) is 10.7. The molecule has 0 aromatic heterocycles. The Morgan fingerprint density at radius 3 is 2.38 bits per heavy atom. The molecule has 0 heterocycles. The van der Waals surface area contributed by atoms with Gasteiger partial charge >= 0.3 is 0 Å². The molecule has 0 spiro atoms. The number of sulfonamides is 1. The van der Waals surface area contributed by atoms with Gasteiger partial charge in [0.25, 0.3) is 10.0 Å². The topological polar surface area (TPSA) is 96.0 Å². The molecule has 0 bridgehead atoms. The Labute approximate surface area is 128 Å². The maximum atomic E-state index is 12.3. The summed E-state index contributed by atoms with van der Waals surface area (Å²) in [5.74, 6) is 0. The van der Waals surface area contributed by atoms with E-state index in [-0.39, 0.29) is 9.92 Å². The van der Waals surface area contributed by atoms with Gasteiger partial charge in [-0.05, 0) is 48.9 Å². The maximum absolute atomic E-state index is 12.3. The number of benzene rings is 2. The summed E-state index contributed by atoms with van der Waals surface area (Å²) in [5.41, 5.74) is 7.47. The van der Waals surface area contributed by atoms with Crippen molar-refractivity contribution in [1.29, 1.82) is 5.26 Å². The summed E-state index contributed by atoms with van der Waals surface area (Å²) in [5, 5.41) is 9.00. The Kier molecular flexibility index (Phi) is 4.07. The van der Waals surface area contributed by atoms with E-state index in [1.807, 2.05) is 6.07 Å². The van der Waals surface area contributed by atoms with Gasteiger partial charge in [-0.25, -0.2) is 8.42 Å². The zero-order valence-corrected chi connectivity index (χ0v) is 12.7. The van der Waals surface area contributed by atoms with Gasteiger partial charge in [0.15, 0.2) is 0 Å². The zero-order valence-electron chi connectivity index (χ0n) is 11.1. The number of nitrogens with one attached hydrogen (secondary N) is 1. The van der Waals surface area contributed by atoms with E-state index < -0.39 is 10.0 Å². The minimum Gasteiger partial charge on any atom is -0.398 e. The third kappa shape index (κ3) is 3.27. The van der Waals surface area contributed by atoms with E-state index in [2.05, 4.69) is 4.72 Å². The van der Waals surface area contributed by atoms with Crippen molar-refractivity contribution in [2.24, 2.45) is 0 Å². The van der Waals surface area contributed by atoms with E-state index in [1.165, 1.54) is 36.4 Å². The molecule has 5 nitrogen and oxygen atoms in total. The van der Waals surface area contributed by atoms with Gasteiger partial charge < -0.3 is 5.73 Å². The molecule has 0 saturated carbocycles. The number of nitrogens with zero attached hydrogens (tertiary/aromatic N) is 1. The molecule has 0 aliphatic carbocycles. The molecule has 0 aliphatic heterocycles. The van der Waals surface area contributed by atoms with Crippen LogP contribution in [0, 0.1) is 18.3 Å². The number of hydrogen-bond acceptors (Lipinski definition) is 4. The SMILES string of the molecule is Cc1c(N)cc(S(=O)(=O)Nc2ccc(C#N)cc2)cc1Cl. The second kappa shape index (κ2) is 5.64. The number of anilines is 2. The Morgan fingerprint density at radius 2 is 1.86 bits per heavy atom. The number of hydrogen-bond donors (Lipinski definition) is 2. The first kappa shape index (κ1) is 15.2. The lowest BCUT2D eigenvalue weighted by atomic mass is 10.2. The van der Waals surface area contributed by atoms with Gasteiger partial charge in [-0.1, -0.05) is 11.6 Å². The maximum Gasteiger partial charge on any atom is 0.262 e. The summed E-state index contributed by atoms with van der Waals surface area (Å²) >= 11 is 5.96. The highest BCUT2D eigenvalue weighted by molar-refractivity contribution is 7.92. The van der Waals surface area contributed by atoms with Crippen molar-refractivity contribution < 1.29 is 8.42 Å². The molecule has 0 radical (unpaired) electrons. The van der Waals surface area contributed by atoms with Crippen LogP contribution in [0.25, 0.3) is 0 Å². The van der Waals surface area contributed by atoms with Gasteiger partial charge in [-0.2, -0.15) is 5.26 Å². The van der Waals surface area contributed by atoms with Crippen LogP contribution in [-0.4, -0.2) is 8.42 Å². The molecule has 0 saturated heterocycles. The van der Waals surface area contributed by atoms with Crippen LogP contribution in [0.2, 0.25) is 5.02 Å². The molecule has 2 aromatic carbocycles. The fourth-order valence-electron chi connectivity index (χ4n) is 1.66. The minimum atomic E-state index is -3.79. The predicted molar refractivity (Wildman–Crippen MR) is 82.6 cm³/mol. The van der Waals surface area contributed by atoms with E-state index in [0.29, 0.717) is 22.5 Å². The van der Waals surface area contributed by atoms with Crippen molar-refractivity contribution in [1.82, 2.24) is 0 Å². The molecule has 3 N–H and O–H groups in total. The fraction of sp³-hybridized carbons (Fsp3) is 0.0714. The van der Waals surface area contributed by atoms with Crippen LogP contribution in [0.3, 0.4) is 0 Å². The number of rotatable bonds is 3. The lowest BCUT2D eigenvalue weighted by molar-refractivity contribution is 0.601. The first-order valence-electron chi connectivity index (χ1n) is 5.92. The number of nitriles is 1. The van der Waals surface area contributed by atoms with Crippen molar-refractivity contribution >= 4 is 33.0 Å². The molecule has 0 amide bonds. The third-order valence-corrected chi connectivity index (χ3v) is 4.69. The zero-order chi connectivity index (χ0) is 15.6. The Bertz CT molecular complexity index is 801. The first-order chi connectivity index (χ1) is 9.83. The van der Waals surface area contributed by atoms with Crippen molar-refractivity contribution in [3.63, 3.8) is 0 Å². The van der Waals surface area contributed by atoms with E-state index in [4.69, 9.17) is 22.6 Å². The van der Waals surface area contributed by atoms with Gasteiger partial charge in [0.1, 0.15) is 0 Å². The highest BCUT2D eigenvalue weighted by Crippen LogP contribution is 2.27. The quantitative estimate of drug-likeness (QED) is 0.849. The molecule has 2 aromatic rings. The smallest absolute Gasteiger partial charge is 0.262 e. The highest BCUT2D eigenvalue weighted by Gasteiger charge is 2.17. The van der Waals surface area contributed by atoms with Crippen molar-refractivity contribution in [3.05, 3.63) is 52.5 Å². The van der Waals surface area contributed by atoms with E-state index in [9.17, 15) is 8.42 Å². The first-order valence-corrected chi connectivity index (χ1v) is 7.78. The minimum absolute atomic E-state index is 0.0139. The number of halogens is 1. The van der Waals surface area contributed by atoms with Crippen LogP contribution in [0.1, 0.15) is 11.1 Å². The molecule has 21 heavy (non-hydrogen) atoms. The molecule has 2 rings (SSSR count). The normalized spacial score (nSPS) is 10.9. The molecular weight excluding hydrogens is 310 g/mol. The van der Waals surface area contributed by atoms with Crippen LogP contribution in [0.15, 0.2) is 41.3 Å².